The van der Waals surface area contributed by atoms with Gasteiger partial charge >= 0.3 is 0 Å². The number of thiophene rings is 1. The number of pyridine rings is 1. The van der Waals surface area contributed by atoms with Crippen molar-refractivity contribution in [2.24, 2.45) is 0 Å². The fraction of sp³-hybridized carbons (Fsp3) is 0.105. The predicted octanol–water partition coefficient (Wildman–Crippen LogP) is 3.51. The van der Waals surface area contributed by atoms with E-state index in [1.54, 1.807) is 54.2 Å². The first-order chi connectivity index (χ1) is 12.7. The van der Waals surface area contributed by atoms with Crippen molar-refractivity contribution in [2.45, 2.75) is 12.6 Å². The first kappa shape index (κ1) is 16.3. The third-order valence-corrected chi connectivity index (χ3v) is 5.09. The molecule has 0 aromatic carbocycles. The highest BCUT2D eigenvalue weighted by atomic mass is 32.1. The second-order valence-corrected chi connectivity index (χ2v) is 6.71. The number of furan rings is 1. The van der Waals surface area contributed by atoms with E-state index in [2.05, 4.69) is 4.98 Å². The Balaban J connectivity index is 1.80. The predicted molar refractivity (Wildman–Crippen MR) is 94.5 cm³/mol. The van der Waals surface area contributed by atoms with E-state index in [0.717, 1.165) is 0 Å². The number of aromatic nitrogens is 1. The molecule has 0 radical (unpaired) electrons. The van der Waals surface area contributed by atoms with Crippen molar-refractivity contribution < 1.29 is 19.1 Å². The Morgan fingerprint density at radius 2 is 2.04 bits per heavy atom. The number of aliphatic hydroxyl groups excluding tert-OH is 1. The number of carbonyl (C=O) groups is 2. The normalized spacial score (nSPS) is 17.2. The summed E-state index contributed by atoms with van der Waals surface area (Å²) < 4.78 is 5.34. The van der Waals surface area contributed by atoms with Crippen molar-refractivity contribution in [3.05, 3.63) is 88.0 Å². The zero-order chi connectivity index (χ0) is 18.1. The molecule has 1 aliphatic rings. The average molecular weight is 366 g/mol. The van der Waals surface area contributed by atoms with Crippen LogP contribution in [0, 0.1) is 0 Å². The van der Waals surface area contributed by atoms with Gasteiger partial charge in [0.25, 0.3) is 5.91 Å². The van der Waals surface area contributed by atoms with E-state index < -0.39 is 17.7 Å². The molecular weight excluding hydrogens is 352 g/mol. The summed E-state index contributed by atoms with van der Waals surface area (Å²) in [4.78, 5) is 31.6. The van der Waals surface area contributed by atoms with Crippen LogP contribution in [0.15, 0.2) is 76.2 Å². The number of carbonyl (C=O) groups excluding carboxylic acids is 2. The molecule has 3 aromatic heterocycles. The van der Waals surface area contributed by atoms with Gasteiger partial charge in [-0.05, 0) is 41.3 Å². The molecule has 0 fully saturated rings. The highest BCUT2D eigenvalue weighted by Gasteiger charge is 2.44. The molecule has 1 amide bonds. The van der Waals surface area contributed by atoms with Gasteiger partial charge in [-0.1, -0.05) is 6.07 Å². The van der Waals surface area contributed by atoms with E-state index in [4.69, 9.17) is 4.42 Å². The van der Waals surface area contributed by atoms with E-state index >= 15 is 0 Å². The molecule has 0 bridgehead atoms. The van der Waals surface area contributed by atoms with E-state index in [9.17, 15) is 14.7 Å². The van der Waals surface area contributed by atoms with Gasteiger partial charge in [-0.2, -0.15) is 0 Å². The van der Waals surface area contributed by atoms with Gasteiger partial charge in [-0.25, -0.2) is 0 Å². The van der Waals surface area contributed by atoms with Crippen LogP contribution >= 0.6 is 11.3 Å². The van der Waals surface area contributed by atoms with Crippen molar-refractivity contribution >= 4 is 23.0 Å². The summed E-state index contributed by atoms with van der Waals surface area (Å²) in [7, 11) is 0. The average Bonchev–Trinajstić information content (AvgIpc) is 3.40. The molecule has 1 unspecified atom stereocenters. The van der Waals surface area contributed by atoms with Crippen LogP contribution in [-0.2, 0) is 11.3 Å². The monoisotopic (exact) mass is 366 g/mol. The van der Waals surface area contributed by atoms with Crippen LogP contribution < -0.4 is 0 Å². The number of ketones is 1. The number of amides is 1. The number of nitrogens with zero attached hydrogens (tertiary/aromatic N) is 2. The Morgan fingerprint density at radius 3 is 2.69 bits per heavy atom. The van der Waals surface area contributed by atoms with Gasteiger partial charge in [0.2, 0.25) is 5.78 Å². The lowest BCUT2D eigenvalue weighted by Gasteiger charge is -2.25. The van der Waals surface area contributed by atoms with Crippen LogP contribution in [0.25, 0.3) is 0 Å². The summed E-state index contributed by atoms with van der Waals surface area (Å²) >= 11 is 1.27. The molecule has 6 nitrogen and oxygen atoms in total. The maximum atomic E-state index is 13.0. The van der Waals surface area contributed by atoms with Crippen LogP contribution in [0.1, 0.15) is 27.0 Å². The number of Topliss-reactive ketones (excluding diaryl/α,β-unsaturated/α-hetero) is 1. The van der Waals surface area contributed by atoms with Crippen molar-refractivity contribution in [3.63, 3.8) is 0 Å². The van der Waals surface area contributed by atoms with Crippen LogP contribution in [0.5, 0.6) is 0 Å². The summed E-state index contributed by atoms with van der Waals surface area (Å²) in [6.07, 6.45) is 4.70. The Labute approximate surface area is 153 Å². The van der Waals surface area contributed by atoms with Crippen LogP contribution in [-0.4, -0.2) is 26.7 Å². The van der Waals surface area contributed by atoms with Crippen molar-refractivity contribution in [1.82, 2.24) is 9.88 Å². The largest absolute Gasteiger partial charge is 0.503 e. The number of aliphatic hydroxyl groups is 1. The van der Waals surface area contributed by atoms with Gasteiger partial charge in [0.15, 0.2) is 5.76 Å². The third kappa shape index (κ3) is 2.72. The third-order valence-electron chi connectivity index (χ3n) is 4.22. The van der Waals surface area contributed by atoms with E-state index in [1.807, 2.05) is 0 Å². The van der Waals surface area contributed by atoms with Crippen molar-refractivity contribution in [2.75, 3.05) is 0 Å². The van der Waals surface area contributed by atoms with Gasteiger partial charge in [0.05, 0.1) is 29.3 Å². The molecule has 0 saturated carbocycles. The smallest absolute Gasteiger partial charge is 0.290 e. The Kier molecular flexibility index (Phi) is 4.14. The van der Waals surface area contributed by atoms with Crippen LogP contribution in [0.4, 0.5) is 0 Å². The van der Waals surface area contributed by atoms with Gasteiger partial charge in [0, 0.05) is 12.4 Å². The highest BCUT2D eigenvalue weighted by molar-refractivity contribution is 7.12. The standard InChI is InChI=1S/C19H14N2O4S/c22-17(14-4-2-10-26-14)15-16(12-5-7-20-8-6-12)21(19(24)18(15)23)11-13-3-1-9-25-13/h1-10,16,23H,11H2. The lowest BCUT2D eigenvalue weighted by molar-refractivity contribution is -0.130. The summed E-state index contributed by atoms with van der Waals surface area (Å²) in [5.74, 6) is -0.899. The minimum absolute atomic E-state index is 0.0789. The zero-order valence-electron chi connectivity index (χ0n) is 13.5. The number of hydrogen-bond acceptors (Lipinski definition) is 6. The summed E-state index contributed by atoms with van der Waals surface area (Å²) in [5, 5.41) is 12.3. The van der Waals surface area contributed by atoms with Gasteiger partial charge in [0.1, 0.15) is 5.76 Å². The fourth-order valence-electron chi connectivity index (χ4n) is 3.05. The van der Waals surface area contributed by atoms with E-state index in [-0.39, 0.29) is 17.9 Å². The van der Waals surface area contributed by atoms with Crippen molar-refractivity contribution in [1.29, 1.82) is 0 Å². The minimum Gasteiger partial charge on any atom is -0.503 e. The molecule has 0 aliphatic carbocycles. The molecule has 26 heavy (non-hydrogen) atoms. The molecule has 0 spiro atoms. The first-order valence-corrected chi connectivity index (χ1v) is 8.79. The number of hydrogen-bond donors (Lipinski definition) is 1. The maximum Gasteiger partial charge on any atom is 0.290 e. The van der Waals surface area contributed by atoms with Gasteiger partial charge in [-0.15, -0.1) is 11.3 Å². The highest BCUT2D eigenvalue weighted by Crippen LogP contribution is 2.40. The molecule has 4 rings (SSSR count). The molecule has 7 heteroatoms. The van der Waals surface area contributed by atoms with Crippen LogP contribution in [0.2, 0.25) is 0 Å². The van der Waals surface area contributed by atoms with Crippen LogP contribution in [0.3, 0.4) is 0 Å². The zero-order valence-corrected chi connectivity index (χ0v) is 14.3. The SMILES string of the molecule is O=C(C1=C(O)C(=O)N(Cc2ccco2)C1c1ccncc1)c1cccs1. The molecular formula is C19H14N2O4S. The molecule has 1 atom stereocenters. The second kappa shape index (κ2) is 6.61. The molecule has 0 saturated heterocycles. The molecule has 130 valence electrons. The second-order valence-electron chi connectivity index (χ2n) is 5.76. The summed E-state index contributed by atoms with van der Waals surface area (Å²) in [5.41, 5.74) is 0.777. The summed E-state index contributed by atoms with van der Waals surface area (Å²) in [6, 6.07) is 9.66. The Hall–Kier alpha value is -3.19. The Bertz CT molecular complexity index is 962. The maximum absolute atomic E-state index is 13.0. The lowest BCUT2D eigenvalue weighted by Crippen LogP contribution is -2.30. The quantitative estimate of drug-likeness (QED) is 0.699. The lowest BCUT2D eigenvalue weighted by atomic mass is 9.96. The molecule has 1 N–H and O–H groups in total. The molecule has 1 aliphatic heterocycles. The van der Waals surface area contributed by atoms with Gasteiger partial charge < -0.3 is 14.4 Å². The molecule has 3 aromatic rings. The molecule has 4 heterocycles. The van der Waals surface area contributed by atoms with Gasteiger partial charge in [-0.3, -0.25) is 14.6 Å². The minimum atomic E-state index is -0.704. The van der Waals surface area contributed by atoms with Crippen molar-refractivity contribution in [3.8, 4) is 0 Å². The topological polar surface area (TPSA) is 83.6 Å². The fourth-order valence-corrected chi connectivity index (χ4v) is 3.73. The first-order valence-electron chi connectivity index (χ1n) is 7.91. The van der Waals surface area contributed by atoms with E-state index in [0.29, 0.717) is 16.2 Å². The Morgan fingerprint density at radius 1 is 1.23 bits per heavy atom. The summed E-state index contributed by atoms with van der Waals surface area (Å²) in [6.45, 7) is 0.143. The van der Waals surface area contributed by atoms with E-state index in [1.165, 1.54) is 22.5 Å². The number of rotatable bonds is 5.